The number of aryl methyl sites for hydroxylation is 1. The third-order valence-electron chi connectivity index (χ3n) is 4.89. The Labute approximate surface area is 171 Å². The van der Waals surface area contributed by atoms with Gasteiger partial charge in [-0.3, -0.25) is 9.59 Å². The van der Waals surface area contributed by atoms with Gasteiger partial charge in [-0.05, 0) is 38.0 Å². The largest absolute Gasteiger partial charge is 0.483 e. The lowest BCUT2D eigenvalue weighted by atomic mass is 10.0. The van der Waals surface area contributed by atoms with Crippen molar-refractivity contribution in [2.45, 2.75) is 39.2 Å². The second-order valence-corrected chi connectivity index (χ2v) is 7.88. The van der Waals surface area contributed by atoms with E-state index in [4.69, 9.17) is 9.47 Å². The Morgan fingerprint density at radius 1 is 1.17 bits per heavy atom. The number of nitrogens with zero attached hydrogens (tertiary/aromatic N) is 1. The van der Waals surface area contributed by atoms with E-state index in [1.165, 1.54) is 4.90 Å². The first-order valence-electron chi connectivity index (χ1n) is 9.84. The van der Waals surface area contributed by atoms with Crippen LogP contribution in [0.4, 0.5) is 5.69 Å². The second-order valence-electron chi connectivity index (χ2n) is 7.88. The minimum absolute atomic E-state index is 0.0450. The molecule has 0 unspecified atom stereocenters. The average Bonchev–Trinajstić information content (AvgIpc) is 3.00. The highest BCUT2D eigenvalue weighted by Gasteiger charge is 2.32. The van der Waals surface area contributed by atoms with Crippen LogP contribution in [-0.2, 0) is 22.4 Å². The maximum Gasteiger partial charge on any atom is 0.260 e. The molecule has 2 aromatic rings. The van der Waals surface area contributed by atoms with Gasteiger partial charge >= 0.3 is 0 Å². The Balaban J connectivity index is 1.54. The number of ether oxygens (including phenoxy) is 2. The molecule has 0 atom stereocenters. The molecule has 1 heterocycles. The summed E-state index contributed by atoms with van der Waals surface area (Å²) in [6.45, 7) is 5.87. The van der Waals surface area contributed by atoms with Crippen LogP contribution in [0.1, 0.15) is 31.9 Å². The van der Waals surface area contributed by atoms with E-state index >= 15 is 0 Å². The number of para-hydroxylation sites is 2. The van der Waals surface area contributed by atoms with Gasteiger partial charge in [-0.2, -0.15) is 0 Å². The maximum atomic E-state index is 12.4. The van der Waals surface area contributed by atoms with Crippen LogP contribution >= 0.6 is 0 Å². The zero-order valence-corrected chi connectivity index (χ0v) is 17.5. The fraction of sp³-hybridized carbons (Fsp3) is 0.391. The number of rotatable bonds is 7. The lowest BCUT2D eigenvalue weighted by Crippen LogP contribution is -2.37. The topological polar surface area (TPSA) is 67.9 Å². The number of likely N-dealkylation sites (N-methyl/N-ethyl adjacent to an activating group) is 1. The monoisotopic (exact) mass is 396 g/mol. The summed E-state index contributed by atoms with van der Waals surface area (Å²) in [5, 5.41) is 2.87. The molecule has 0 aliphatic carbocycles. The lowest BCUT2D eigenvalue weighted by Gasteiger charge is -2.20. The molecule has 3 rings (SSSR count). The molecule has 0 aromatic heterocycles. The molecule has 2 amide bonds. The van der Waals surface area contributed by atoms with Crippen molar-refractivity contribution in [3.63, 3.8) is 0 Å². The third kappa shape index (κ3) is 5.08. The van der Waals surface area contributed by atoms with E-state index in [2.05, 4.69) is 5.32 Å². The molecule has 0 saturated heterocycles. The van der Waals surface area contributed by atoms with Crippen molar-refractivity contribution < 1.29 is 19.1 Å². The first kappa shape index (κ1) is 20.7. The average molecular weight is 396 g/mol. The first-order chi connectivity index (χ1) is 13.8. The zero-order valence-electron chi connectivity index (χ0n) is 17.5. The second kappa shape index (κ2) is 8.55. The number of hydrogen-bond donors (Lipinski definition) is 1. The van der Waals surface area contributed by atoms with Crippen LogP contribution in [0.2, 0.25) is 0 Å². The van der Waals surface area contributed by atoms with Gasteiger partial charge in [0.15, 0.2) is 18.1 Å². The summed E-state index contributed by atoms with van der Waals surface area (Å²) < 4.78 is 11.7. The minimum atomic E-state index is -0.282. The molecule has 29 heavy (non-hydrogen) atoms. The molecular formula is C23H28N2O4. The smallest absolute Gasteiger partial charge is 0.260 e. The van der Waals surface area contributed by atoms with Crippen LogP contribution in [0, 0.1) is 0 Å². The Morgan fingerprint density at radius 2 is 1.93 bits per heavy atom. The quantitative estimate of drug-likeness (QED) is 0.779. The number of hydrogen-bond acceptors (Lipinski definition) is 4. The summed E-state index contributed by atoms with van der Waals surface area (Å²) in [7, 11) is 1.59. The standard InChI is InChI=1S/C23H28N2O4/c1-5-16-9-6-7-11-18(16)24-20(26)14-25(4)21(27)15-28-19-12-8-10-17-13-23(2,3)29-22(17)19/h6-12H,5,13-15H2,1-4H3,(H,24,26). The van der Waals surface area contributed by atoms with Crippen molar-refractivity contribution in [2.75, 3.05) is 25.5 Å². The molecule has 0 saturated carbocycles. The third-order valence-corrected chi connectivity index (χ3v) is 4.89. The Bertz CT molecular complexity index is 908. The highest BCUT2D eigenvalue weighted by Crippen LogP contribution is 2.41. The van der Waals surface area contributed by atoms with Crippen molar-refractivity contribution in [3.8, 4) is 11.5 Å². The van der Waals surface area contributed by atoms with E-state index in [9.17, 15) is 9.59 Å². The number of benzene rings is 2. The Morgan fingerprint density at radius 3 is 2.69 bits per heavy atom. The van der Waals surface area contributed by atoms with Gasteiger partial charge in [-0.15, -0.1) is 0 Å². The fourth-order valence-corrected chi connectivity index (χ4v) is 3.39. The van der Waals surface area contributed by atoms with E-state index in [0.717, 1.165) is 29.7 Å². The van der Waals surface area contributed by atoms with Crippen LogP contribution < -0.4 is 14.8 Å². The number of fused-ring (bicyclic) bond motifs is 1. The summed E-state index contributed by atoms with van der Waals surface area (Å²) in [5.74, 6) is 0.726. The summed E-state index contributed by atoms with van der Waals surface area (Å²) >= 11 is 0. The minimum Gasteiger partial charge on any atom is -0.483 e. The molecule has 0 bridgehead atoms. The van der Waals surface area contributed by atoms with E-state index in [-0.39, 0.29) is 30.6 Å². The van der Waals surface area contributed by atoms with E-state index in [1.54, 1.807) is 13.1 Å². The van der Waals surface area contributed by atoms with E-state index in [0.29, 0.717) is 11.5 Å². The molecule has 2 aromatic carbocycles. The van der Waals surface area contributed by atoms with Gasteiger partial charge in [0.25, 0.3) is 5.91 Å². The summed E-state index contributed by atoms with van der Waals surface area (Å²) in [4.78, 5) is 26.1. The molecule has 1 N–H and O–H groups in total. The summed E-state index contributed by atoms with van der Waals surface area (Å²) in [6.07, 6.45) is 1.62. The zero-order chi connectivity index (χ0) is 21.0. The van der Waals surface area contributed by atoms with Crippen molar-refractivity contribution in [1.82, 2.24) is 4.90 Å². The van der Waals surface area contributed by atoms with Gasteiger partial charge in [0.05, 0.1) is 6.54 Å². The van der Waals surface area contributed by atoms with E-state index < -0.39 is 0 Å². The summed E-state index contributed by atoms with van der Waals surface area (Å²) in [5.41, 5.74) is 2.62. The van der Waals surface area contributed by atoms with Gasteiger partial charge in [0.1, 0.15) is 5.60 Å². The van der Waals surface area contributed by atoms with E-state index in [1.807, 2.05) is 57.2 Å². The fourth-order valence-electron chi connectivity index (χ4n) is 3.39. The van der Waals surface area contributed by atoms with Crippen molar-refractivity contribution in [1.29, 1.82) is 0 Å². The lowest BCUT2D eigenvalue weighted by molar-refractivity contribution is -0.135. The number of carbonyl (C=O) groups excluding carboxylic acids is 2. The number of anilines is 1. The molecular weight excluding hydrogens is 368 g/mol. The predicted octanol–water partition coefficient (Wildman–Crippen LogP) is 3.44. The number of amides is 2. The van der Waals surface area contributed by atoms with Crippen molar-refractivity contribution in [3.05, 3.63) is 53.6 Å². The van der Waals surface area contributed by atoms with Gasteiger partial charge in [0.2, 0.25) is 5.91 Å². The highest BCUT2D eigenvalue weighted by atomic mass is 16.5. The Hall–Kier alpha value is -3.02. The number of carbonyl (C=O) groups is 2. The van der Waals surface area contributed by atoms with Crippen LogP contribution in [-0.4, -0.2) is 42.5 Å². The van der Waals surface area contributed by atoms with Crippen LogP contribution in [0.3, 0.4) is 0 Å². The van der Waals surface area contributed by atoms with Gasteiger partial charge in [-0.25, -0.2) is 0 Å². The molecule has 1 aliphatic rings. The van der Waals surface area contributed by atoms with Gasteiger partial charge < -0.3 is 19.7 Å². The van der Waals surface area contributed by atoms with Crippen LogP contribution in [0.5, 0.6) is 11.5 Å². The molecule has 0 spiro atoms. The molecule has 0 fully saturated rings. The van der Waals surface area contributed by atoms with Crippen LogP contribution in [0.15, 0.2) is 42.5 Å². The molecule has 6 heteroatoms. The van der Waals surface area contributed by atoms with Crippen molar-refractivity contribution in [2.24, 2.45) is 0 Å². The molecule has 0 radical (unpaired) electrons. The highest BCUT2D eigenvalue weighted by molar-refractivity contribution is 5.95. The molecule has 154 valence electrons. The van der Waals surface area contributed by atoms with Crippen LogP contribution in [0.25, 0.3) is 0 Å². The van der Waals surface area contributed by atoms with Crippen molar-refractivity contribution >= 4 is 17.5 Å². The predicted molar refractivity (Wildman–Crippen MR) is 112 cm³/mol. The normalized spacial score (nSPS) is 13.9. The van der Waals surface area contributed by atoms with Gasteiger partial charge in [-0.1, -0.05) is 37.3 Å². The molecule has 6 nitrogen and oxygen atoms in total. The summed E-state index contributed by atoms with van der Waals surface area (Å²) in [6, 6.07) is 13.3. The first-order valence-corrected chi connectivity index (χ1v) is 9.84. The molecule has 1 aliphatic heterocycles. The van der Waals surface area contributed by atoms with Gasteiger partial charge in [0, 0.05) is 24.7 Å². The number of nitrogens with one attached hydrogen (secondary N) is 1. The SMILES string of the molecule is CCc1ccccc1NC(=O)CN(C)C(=O)COc1cccc2c1OC(C)(C)C2. The maximum absolute atomic E-state index is 12.4. The Kier molecular flexibility index (Phi) is 6.11.